The molecule has 20 heavy (non-hydrogen) atoms. The van der Waals surface area contributed by atoms with Crippen molar-refractivity contribution in [1.29, 1.82) is 0 Å². The lowest BCUT2D eigenvalue weighted by Crippen LogP contribution is -2.18. The van der Waals surface area contributed by atoms with Crippen LogP contribution in [0.5, 0.6) is 0 Å². The van der Waals surface area contributed by atoms with E-state index in [0.29, 0.717) is 12.2 Å². The number of carbonyl (C=O) groups is 1. The lowest BCUT2D eigenvalue weighted by molar-refractivity contribution is 0.0526. The van der Waals surface area contributed by atoms with E-state index in [0.717, 1.165) is 30.0 Å². The second kappa shape index (κ2) is 5.70. The monoisotopic (exact) mass is 271 g/mol. The van der Waals surface area contributed by atoms with Crippen LogP contribution < -0.4 is 5.32 Å². The van der Waals surface area contributed by atoms with Crippen molar-refractivity contribution >= 4 is 11.7 Å². The van der Waals surface area contributed by atoms with Gasteiger partial charge in [0.2, 0.25) is 0 Å². The molecule has 3 atom stereocenters. The Morgan fingerprint density at radius 3 is 2.65 bits per heavy atom. The minimum Gasteiger partial charge on any atom is -0.462 e. The maximum atomic E-state index is 11.6. The number of carbonyl (C=O) groups excluding carboxylic acids is 1. The third-order valence-electron chi connectivity index (χ3n) is 4.38. The molecule has 0 saturated heterocycles. The second-order valence-electron chi connectivity index (χ2n) is 5.72. The smallest absolute Gasteiger partial charge is 0.338 e. The maximum Gasteiger partial charge on any atom is 0.338 e. The molecule has 1 N–H and O–H groups in total. The normalized spacial score (nSPS) is 26.8. The number of ether oxygens (including phenoxy) is 1. The van der Waals surface area contributed by atoms with Crippen LogP contribution in [0.25, 0.3) is 0 Å². The molecule has 0 heterocycles. The molecular weight excluding hydrogens is 250 g/mol. The molecule has 0 aromatic heterocycles. The highest BCUT2D eigenvalue weighted by molar-refractivity contribution is 5.89. The van der Waals surface area contributed by atoms with Crippen LogP contribution in [0, 0.1) is 17.8 Å². The third-order valence-corrected chi connectivity index (χ3v) is 4.38. The van der Waals surface area contributed by atoms with Crippen molar-refractivity contribution in [3.05, 3.63) is 42.0 Å². The predicted octanol–water partition coefficient (Wildman–Crippen LogP) is 3.49. The van der Waals surface area contributed by atoms with Gasteiger partial charge in [0.1, 0.15) is 0 Å². The Hall–Kier alpha value is -1.77. The van der Waals surface area contributed by atoms with Gasteiger partial charge in [-0.05, 0) is 61.8 Å². The van der Waals surface area contributed by atoms with Gasteiger partial charge in [0.15, 0.2) is 0 Å². The molecule has 3 heteroatoms. The fourth-order valence-electron chi connectivity index (χ4n) is 3.32. The van der Waals surface area contributed by atoms with Crippen molar-refractivity contribution in [2.75, 3.05) is 18.5 Å². The number of hydrogen-bond donors (Lipinski definition) is 1. The first-order valence-corrected chi connectivity index (χ1v) is 7.45. The Balaban J connectivity index is 1.53. The summed E-state index contributed by atoms with van der Waals surface area (Å²) in [5.41, 5.74) is 1.69. The Labute approximate surface area is 120 Å². The van der Waals surface area contributed by atoms with Gasteiger partial charge in [0, 0.05) is 12.2 Å². The van der Waals surface area contributed by atoms with Crippen molar-refractivity contribution in [2.24, 2.45) is 17.8 Å². The largest absolute Gasteiger partial charge is 0.462 e. The molecule has 3 nitrogen and oxygen atoms in total. The number of fused-ring (bicyclic) bond motifs is 2. The molecule has 1 aromatic carbocycles. The van der Waals surface area contributed by atoms with E-state index in [-0.39, 0.29) is 5.97 Å². The zero-order valence-corrected chi connectivity index (χ0v) is 11.8. The van der Waals surface area contributed by atoms with Gasteiger partial charge >= 0.3 is 5.97 Å². The number of hydrogen-bond acceptors (Lipinski definition) is 3. The van der Waals surface area contributed by atoms with E-state index < -0.39 is 0 Å². The summed E-state index contributed by atoms with van der Waals surface area (Å²) in [4.78, 5) is 11.6. The van der Waals surface area contributed by atoms with Gasteiger partial charge in [0.05, 0.1) is 12.2 Å². The fourth-order valence-corrected chi connectivity index (χ4v) is 3.32. The molecular formula is C17H21NO2. The molecule has 1 aromatic rings. The molecule has 0 amide bonds. The summed E-state index contributed by atoms with van der Waals surface area (Å²) in [6.45, 7) is 3.25. The molecule has 0 radical (unpaired) electrons. The third kappa shape index (κ3) is 2.72. The highest BCUT2D eigenvalue weighted by Crippen LogP contribution is 2.43. The molecule has 2 aliphatic rings. The van der Waals surface area contributed by atoms with Gasteiger partial charge < -0.3 is 10.1 Å². The number of esters is 1. The summed E-state index contributed by atoms with van der Waals surface area (Å²) in [5.74, 6) is 2.09. The summed E-state index contributed by atoms with van der Waals surface area (Å²) < 4.78 is 4.98. The molecule has 106 valence electrons. The summed E-state index contributed by atoms with van der Waals surface area (Å²) in [6.07, 6.45) is 7.41. The van der Waals surface area contributed by atoms with E-state index in [1.54, 1.807) is 0 Å². The number of anilines is 1. The second-order valence-corrected chi connectivity index (χ2v) is 5.72. The van der Waals surface area contributed by atoms with Crippen molar-refractivity contribution in [1.82, 2.24) is 0 Å². The number of rotatable bonds is 5. The fraction of sp³-hybridized carbons (Fsp3) is 0.471. The zero-order chi connectivity index (χ0) is 13.9. The summed E-state index contributed by atoms with van der Waals surface area (Å²) >= 11 is 0. The standard InChI is InChI=1S/C17H21NO2/c1-2-20-17(19)13-5-7-16(8-6-13)18-11-15-10-12-3-4-14(15)9-12/h3-8,12,14-15,18H,2,9-11H2,1H3. The Kier molecular flexibility index (Phi) is 3.77. The number of allylic oxidation sites excluding steroid dienone is 2. The highest BCUT2D eigenvalue weighted by Gasteiger charge is 2.35. The topological polar surface area (TPSA) is 38.3 Å². The molecule has 2 aliphatic carbocycles. The molecule has 1 saturated carbocycles. The van der Waals surface area contributed by atoms with Crippen molar-refractivity contribution in [3.8, 4) is 0 Å². The molecule has 2 bridgehead atoms. The van der Waals surface area contributed by atoms with Crippen molar-refractivity contribution in [2.45, 2.75) is 19.8 Å². The average Bonchev–Trinajstić information content (AvgIpc) is 3.08. The lowest BCUT2D eigenvalue weighted by Gasteiger charge is -2.19. The van der Waals surface area contributed by atoms with Crippen LogP contribution in [0.4, 0.5) is 5.69 Å². The van der Waals surface area contributed by atoms with Gasteiger partial charge in [0.25, 0.3) is 0 Å². The summed E-state index contributed by atoms with van der Waals surface area (Å²) in [7, 11) is 0. The van der Waals surface area contributed by atoms with Crippen LogP contribution in [0.2, 0.25) is 0 Å². The van der Waals surface area contributed by atoms with Crippen LogP contribution in [-0.2, 0) is 4.74 Å². The minimum absolute atomic E-state index is 0.253. The van der Waals surface area contributed by atoms with Gasteiger partial charge in [-0.3, -0.25) is 0 Å². The van der Waals surface area contributed by atoms with Crippen molar-refractivity contribution < 1.29 is 9.53 Å². The highest BCUT2D eigenvalue weighted by atomic mass is 16.5. The SMILES string of the molecule is CCOC(=O)c1ccc(NCC2CC3C=CC2C3)cc1. The Morgan fingerprint density at radius 2 is 2.05 bits per heavy atom. The van der Waals surface area contributed by atoms with E-state index in [2.05, 4.69) is 17.5 Å². The van der Waals surface area contributed by atoms with Crippen LogP contribution in [0.1, 0.15) is 30.1 Å². The minimum atomic E-state index is -0.253. The molecule has 1 fully saturated rings. The van der Waals surface area contributed by atoms with Gasteiger partial charge in [-0.15, -0.1) is 0 Å². The first-order chi connectivity index (χ1) is 9.76. The van der Waals surface area contributed by atoms with Crippen LogP contribution in [-0.4, -0.2) is 19.1 Å². The predicted molar refractivity (Wildman–Crippen MR) is 79.7 cm³/mol. The van der Waals surface area contributed by atoms with E-state index in [1.165, 1.54) is 12.8 Å². The number of benzene rings is 1. The van der Waals surface area contributed by atoms with Crippen LogP contribution in [0.3, 0.4) is 0 Å². The van der Waals surface area contributed by atoms with Crippen LogP contribution in [0.15, 0.2) is 36.4 Å². The van der Waals surface area contributed by atoms with E-state index in [1.807, 2.05) is 31.2 Å². The van der Waals surface area contributed by atoms with Gasteiger partial charge in [-0.1, -0.05) is 12.2 Å². The van der Waals surface area contributed by atoms with Gasteiger partial charge in [-0.2, -0.15) is 0 Å². The van der Waals surface area contributed by atoms with E-state index >= 15 is 0 Å². The summed E-state index contributed by atoms with van der Waals surface area (Å²) in [6, 6.07) is 7.55. The molecule has 3 rings (SSSR count). The quantitative estimate of drug-likeness (QED) is 0.658. The molecule has 0 aliphatic heterocycles. The maximum absolute atomic E-state index is 11.6. The van der Waals surface area contributed by atoms with Crippen LogP contribution >= 0.6 is 0 Å². The van der Waals surface area contributed by atoms with Gasteiger partial charge in [-0.25, -0.2) is 4.79 Å². The van der Waals surface area contributed by atoms with E-state index in [4.69, 9.17) is 4.74 Å². The number of nitrogens with one attached hydrogen (secondary N) is 1. The zero-order valence-electron chi connectivity index (χ0n) is 11.8. The molecule has 0 spiro atoms. The summed E-state index contributed by atoms with van der Waals surface area (Å²) in [5, 5.41) is 3.48. The molecule has 3 unspecified atom stereocenters. The Morgan fingerprint density at radius 1 is 1.25 bits per heavy atom. The average molecular weight is 271 g/mol. The van der Waals surface area contributed by atoms with Crippen molar-refractivity contribution in [3.63, 3.8) is 0 Å². The first-order valence-electron chi connectivity index (χ1n) is 7.45. The Bertz CT molecular complexity index is 506. The first kappa shape index (κ1) is 13.2. The lowest BCUT2D eigenvalue weighted by atomic mass is 9.93. The van der Waals surface area contributed by atoms with E-state index in [9.17, 15) is 4.79 Å².